The Hall–Kier alpha value is -3.22. The fraction of sp³-hybridized carbons (Fsp3) is 0.250. The number of hydrogen-bond donors (Lipinski definition) is 1. The molecule has 1 atom stereocenters. The van der Waals surface area contributed by atoms with Gasteiger partial charge in [0.25, 0.3) is 5.91 Å². The van der Waals surface area contributed by atoms with E-state index < -0.39 is 0 Å². The van der Waals surface area contributed by atoms with Gasteiger partial charge < -0.3 is 10.2 Å². The van der Waals surface area contributed by atoms with Crippen molar-refractivity contribution in [3.05, 3.63) is 72.6 Å². The molecule has 7 heteroatoms. The number of halogens is 1. The zero-order valence-corrected chi connectivity index (χ0v) is 14.8. The highest BCUT2D eigenvalue weighted by Crippen LogP contribution is 2.19. The van der Waals surface area contributed by atoms with E-state index in [1.807, 2.05) is 35.2 Å². The van der Waals surface area contributed by atoms with E-state index in [0.29, 0.717) is 12.1 Å². The molecule has 138 valence electrons. The number of rotatable bonds is 4. The van der Waals surface area contributed by atoms with Gasteiger partial charge in [-0.1, -0.05) is 12.1 Å². The molecule has 1 saturated heterocycles. The number of anilines is 1. The number of piperidine rings is 1. The topological polar surface area (TPSA) is 63.1 Å². The summed E-state index contributed by atoms with van der Waals surface area (Å²) in [7, 11) is 0. The van der Waals surface area contributed by atoms with Crippen molar-refractivity contribution >= 4 is 11.6 Å². The number of amides is 1. The van der Waals surface area contributed by atoms with Crippen LogP contribution in [0.5, 0.6) is 0 Å². The summed E-state index contributed by atoms with van der Waals surface area (Å²) in [6.07, 6.45) is 5.05. The maximum Gasteiger partial charge on any atom is 0.253 e. The number of aromatic nitrogens is 3. The fourth-order valence-corrected chi connectivity index (χ4v) is 3.41. The predicted molar refractivity (Wildman–Crippen MR) is 100 cm³/mol. The van der Waals surface area contributed by atoms with Crippen molar-refractivity contribution < 1.29 is 9.18 Å². The smallest absolute Gasteiger partial charge is 0.253 e. The van der Waals surface area contributed by atoms with Gasteiger partial charge in [0, 0.05) is 36.1 Å². The van der Waals surface area contributed by atoms with Gasteiger partial charge in [0.15, 0.2) is 0 Å². The summed E-state index contributed by atoms with van der Waals surface area (Å²) in [6, 6.07) is 13.9. The van der Waals surface area contributed by atoms with Crippen LogP contribution in [0.1, 0.15) is 23.2 Å². The second kappa shape index (κ2) is 7.57. The van der Waals surface area contributed by atoms with Crippen LogP contribution in [-0.4, -0.2) is 44.7 Å². The number of likely N-dealkylation sites (tertiary alicyclic amines) is 1. The van der Waals surface area contributed by atoms with Gasteiger partial charge in [-0.3, -0.25) is 9.36 Å². The average Bonchev–Trinajstić information content (AvgIpc) is 3.23. The van der Waals surface area contributed by atoms with Gasteiger partial charge in [0.1, 0.15) is 18.5 Å². The molecule has 1 amide bonds. The molecule has 27 heavy (non-hydrogen) atoms. The highest BCUT2D eigenvalue weighted by atomic mass is 19.1. The monoisotopic (exact) mass is 365 g/mol. The minimum atomic E-state index is -0.269. The second-order valence-corrected chi connectivity index (χ2v) is 6.66. The molecule has 0 radical (unpaired) electrons. The Morgan fingerprint density at radius 2 is 1.93 bits per heavy atom. The largest absolute Gasteiger partial charge is 0.380 e. The Kier molecular flexibility index (Phi) is 4.82. The molecule has 3 aromatic rings. The average molecular weight is 365 g/mol. The van der Waals surface area contributed by atoms with Crippen LogP contribution in [0.4, 0.5) is 10.1 Å². The Labute approximate surface area is 156 Å². The van der Waals surface area contributed by atoms with Gasteiger partial charge in [-0.25, -0.2) is 4.39 Å². The summed E-state index contributed by atoms with van der Waals surface area (Å²) >= 11 is 0. The fourth-order valence-electron chi connectivity index (χ4n) is 3.41. The molecule has 1 N–H and O–H groups in total. The van der Waals surface area contributed by atoms with Gasteiger partial charge in [0.2, 0.25) is 0 Å². The van der Waals surface area contributed by atoms with E-state index in [-0.39, 0.29) is 17.8 Å². The zero-order valence-electron chi connectivity index (χ0n) is 14.8. The zero-order chi connectivity index (χ0) is 18.6. The van der Waals surface area contributed by atoms with E-state index in [0.717, 1.165) is 30.8 Å². The van der Waals surface area contributed by atoms with Gasteiger partial charge in [-0.2, -0.15) is 0 Å². The first-order chi connectivity index (χ1) is 13.2. The number of carbonyl (C=O) groups excluding carboxylic acids is 1. The molecule has 4 rings (SSSR count). The molecule has 1 unspecified atom stereocenters. The second-order valence-electron chi connectivity index (χ2n) is 6.66. The summed E-state index contributed by atoms with van der Waals surface area (Å²) in [6.45, 7) is 1.31. The highest BCUT2D eigenvalue weighted by molar-refractivity contribution is 5.94. The normalized spacial score (nSPS) is 16.9. The SMILES string of the molecule is O=C(c1cccc(-n2cnnc2)c1)N1CCCC(Nc2cccc(F)c2)C1. The minimum Gasteiger partial charge on any atom is -0.380 e. The van der Waals surface area contributed by atoms with Crippen LogP contribution >= 0.6 is 0 Å². The number of benzene rings is 2. The van der Waals surface area contributed by atoms with Crippen molar-refractivity contribution in [3.8, 4) is 5.69 Å². The molecule has 1 fully saturated rings. The van der Waals surface area contributed by atoms with Gasteiger partial charge >= 0.3 is 0 Å². The van der Waals surface area contributed by atoms with Crippen molar-refractivity contribution in [3.63, 3.8) is 0 Å². The molecule has 0 bridgehead atoms. The van der Waals surface area contributed by atoms with E-state index in [2.05, 4.69) is 15.5 Å². The van der Waals surface area contributed by atoms with Crippen LogP contribution in [0.25, 0.3) is 5.69 Å². The minimum absolute atomic E-state index is 0.00401. The summed E-state index contributed by atoms with van der Waals surface area (Å²) in [5.41, 5.74) is 2.22. The number of hydrogen-bond acceptors (Lipinski definition) is 4. The van der Waals surface area contributed by atoms with Crippen molar-refractivity contribution in [2.45, 2.75) is 18.9 Å². The lowest BCUT2D eigenvalue weighted by Crippen LogP contribution is -2.45. The van der Waals surface area contributed by atoms with Crippen LogP contribution in [0.3, 0.4) is 0 Å². The Bertz CT molecular complexity index is 928. The molecule has 1 aromatic heterocycles. The van der Waals surface area contributed by atoms with Crippen molar-refractivity contribution in [2.24, 2.45) is 0 Å². The Balaban J connectivity index is 1.46. The first-order valence-corrected chi connectivity index (χ1v) is 8.95. The lowest BCUT2D eigenvalue weighted by atomic mass is 10.0. The van der Waals surface area contributed by atoms with Gasteiger partial charge in [0.05, 0.1) is 0 Å². The van der Waals surface area contributed by atoms with E-state index in [1.165, 1.54) is 12.1 Å². The molecule has 0 spiro atoms. The molecule has 6 nitrogen and oxygen atoms in total. The van der Waals surface area contributed by atoms with E-state index in [1.54, 1.807) is 23.3 Å². The number of carbonyl (C=O) groups is 1. The standard InChI is InChI=1S/C20H20FN5O/c21-16-5-2-6-17(11-16)24-18-7-3-9-25(12-18)20(27)15-4-1-8-19(10-15)26-13-22-23-14-26/h1-2,4-6,8,10-11,13-14,18,24H,3,7,9,12H2. The van der Waals surface area contributed by atoms with E-state index in [9.17, 15) is 9.18 Å². The summed E-state index contributed by atoms with van der Waals surface area (Å²) in [5.74, 6) is -0.273. The van der Waals surface area contributed by atoms with Crippen LogP contribution in [0.15, 0.2) is 61.2 Å². The maximum atomic E-state index is 13.4. The summed E-state index contributed by atoms with van der Waals surface area (Å²) in [4.78, 5) is 14.8. The van der Waals surface area contributed by atoms with Gasteiger partial charge in [-0.05, 0) is 49.2 Å². The summed E-state index contributed by atoms with van der Waals surface area (Å²) < 4.78 is 15.2. The van der Waals surface area contributed by atoms with E-state index >= 15 is 0 Å². The molecular weight excluding hydrogens is 345 g/mol. The third kappa shape index (κ3) is 3.97. The van der Waals surface area contributed by atoms with Gasteiger partial charge in [-0.15, -0.1) is 10.2 Å². The van der Waals surface area contributed by atoms with E-state index in [4.69, 9.17) is 0 Å². The first-order valence-electron chi connectivity index (χ1n) is 8.95. The molecule has 0 saturated carbocycles. The third-order valence-electron chi connectivity index (χ3n) is 4.71. The van der Waals surface area contributed by atoms with Crippen LogP contribution in [0, 0.1) is 5.82 Å². The maximum absolute atomic E-state index is 13.4. The lowest BCUT2D eigenvalue weighted by Gasteiger charge is -2.34. The number of nitrogens with zero attached hydrogens (tertiary/aromatic N) is 4. The molecular formula is C20H20FN5O. The predicted octanol–water partition coefficient (Wildman–Crippen LogP) is 3.12. The first kappa shape index (κ1) is 17.2. The molecule has 2 aromatic carbocycles. The summed E-state index contributed by atoms with van der Waals surface area (Å²) in [5, 5.41) is 10.9. The Morgan fingerprint density at radius 3 is 2.74 bits per heavy atom. The third-order valence-corrected chi connectivity index (χ3v) is 4.71. The molecule has 1 aliphatic heterocycles. The van der Waals surface area contributed by atoms with Crippen LogP contribution in [0.2, 0.25) is 0 Å². The molecule has 0 aliphatic carbocycles. The quantitative estimate of drug-likeness (QED) is 0.772. The van der Waals surface area contributed by atoms with Crippen molar-refractivity contribution in [1.29, 1.82) is 0 Å². The van der Waals surface area contributed by atoms with Crippen LogP contribution in [-0.2, 0) is 0 Å². The highest BCUT2D eigenvalue weighted by Gasteiger charge is 2.24. The number of nitrogens with one attached hydrogen (secondary N) is 1. The van der Waals surface area contributed by atoms with Crippen molar-refractivity contribution in [2.75, 3.05) is 18.4 Å². The molecule has 2 heterocycles. The van der Waals surface area contributed by atoms with Crippen molar-refractivity contribution in [1.82, 2.24) is 19.7 Å². The Morgan fingerprint density at radius 1 is 1.11 bits per heavy atom. The lowest BCUT2D eigenvalue weighted by molar-refractivity contribution is 0.0715. The molecule has 1 aliphatic rings. The van der Waals surface area contributed by atoms with Crippen LogP contribution < -0.4 is 5.32 Å².